The summed E-state index contributed by atoms with van der Waals surface area (Å²) >= 11 is 1.91. The van der Waals surface area contributed by atoms with E-state index in [0.717, 1.165) is 9.21 Å². The molecule has 1 aliphatic heterocycles. The molecular formula is C12H25IN4O6S. The van der Waals surface area contributed by atoms with Crippen molar-refractivity contribution in [2.75, 3.05) is 6.54 Å². The molecule has 1 aliphatic carbocycles. The number of hydrogen-bond donors (Lipinski definition) is 7. The van der Waals surface area contributed by atoms with Gasteiger partial charge in [0.05, 0.1) is 21.4 Å². The lowest BCUT2D eigenvalue weighted by Crippen LogP contribution is -2.67. The lowest BCUT2D eigenvalue weighted by molar-refractivity contribution is -0.285. The van der Waals surface area contributed by atoms with E-state index in [1.54, 1.807) is 0 Å². The SMILES string of the molecule is NCC1OC(OC2C(N)CC(N)C(O)C2OSI)C(N)C(O)C1O. The van der Waals surface area contributed by atoms with Crippen LogP contribution in [0.3, 0.4) is 0 Å². The fraction of sp³-hybridized carbons (Fsp3) is 1.00. The van der Waals surface area contributed by atoms with Crippen LogP contribution in [0.1, 0.15) is 6.42 Å². The summed E-state index contributed by atoms with van der Waals surface area (Å²) in [5, 5.41) is 30.2. The molecule has 0 spiro atoms. The summed E-state index contributed by atoms with van der Waals surface area (Å²) in [5.41, 5.74) is 23.4. The highest BCUT2D eigenvalue weighted by Crippen LogP contribution is 2.31. The normalized spacial score (nSPS) is 50.0. The predicted molar refractivity (Wildman–Crippen MR) is 95.6 cm³/mol. The molecule has 1 saturated heterocycles. The van der Waals surface area contributed by atoms with Crippen LogP contribution in [-0.4, -0.2) is 82.9 Å². The zero-order valence-electron chi connectivity index (χ0n) is 12.8. The molecule has 1 saturated carbocycles. The molecule has 2 rings (SSSR count). The molecule has 0 aromatic heterocycles. The molecule has 142 valence electrons. The van der Waals surface area contributed by atoms with Crippen molar-refractivity contribution in [3.8, 4) is 0 Å². The van der Waals surface area contributed by atoms with Crippen molar-refractivity contribution in [2.45, 2.75) is 67.5 Å². The van der Waals surface area contributed by atoms with E-state index in [0.29, 0.717) is 6.42 Å². The van der Waals surface area contributed by atoms with Gasteiger partial charge < -0.3 is 47.7 Å². The summed E-state index contributed by atoms with van der Waals surface area (Å²) in [7, 11) is 1.03. The molecule has 2 fully saturated rings. The van der Waals surface area contributed by atoms with Gasteiger partial charge in [-0.1, -0.05) is 0 Å². The maximum atomic E-state index is 10.3. The Kier molecular flexibility index (Phi) is 7.92. The van der Waals surface area contributed by atoms with Crippen LogP contribution in [-0.2, 0) is 13.7 Å². The molecule has 11 N–H and O–H groups in total. The van der Waals surface area contributed by atoms with E-state index in [1.807, 2.05) is 21.2 Å². The minimum atomic E-state index is -1.26. The number of ether oxygens (including phenoxy) is 2. The van der Waals surface area contributed by atoms with E-state index in [4.69, 9.17) is 36.6 Å². The van der Waals surface area contributed by atoms with E-state index in [-0.39, 0.29) is 6.54 Å². The van der Waals surface area contributed by atoms with Gasteiger partial charge in [0.2, 0.25) is 0 Å². The largest absolute Gasteiger partial charge is 0.389 e. The smallest absolute Gasteiger partial charge is 0.176 e. The molecule has 10 nitrogen and oxygen atoms in total. The number of rotatable bonds is 5. The van der Waals surface area contributed by atoms with Crippen LogP contribution in [0.5, 0.6) is 0 Å². The van der Waals surface area contributed by atoms with Crippen molar-refractivity contribution in [3.05, 3.63) is 0 Å². The van der Waals surface area contributed by atoms with Crippen LogP contribution in [0.2, 0.25) is 0 Å². The van der Waals surface area contributed by atoms with E-state index in [1.165, 1.54) is 0 Å². The van der Waals surface area contributed by atoms with Gasteiger partial charge in [-0.25, -0.2) is 0 Å². The third-order valence-corrected chi connectivity index (χ3v) is 5.40. The highest BCUT2D eigenvalue weighted by atomic mass is 127. The minimum absolute atomic E-state index is 0.0153. The monoisotopic (exact) mass is 480 g/mol. The van der Waals surface area contributed by atoms with Crippen LogP contribution < -0.4 is 22.9 Å². The molecule has 0 amide bonds. The van der Waals surface area contributed by atoms with E-state index in [2.05, 4.69) is 0 Å². The molecular weight excluding hydrogens is 455 g/mol. The van der Waals surface area contributed by atoms with Gasteiger partial charge in [0.1, 0.15) is 30.5 Å². The Morgan fingerprint density at radius 3 is 2.29 bits per heavy atom. The lowest BCUT2D eigenvalue weighted by Gasteiger charge is -2.46. The van der Waals surface area contributed by atoms with Crippen LogP contribution in [0.15, 0.2) is 0 Å². The summed E-state index contributed by atoms with van der Waals surface area (Å²) in [5.74, 6) is 0. The van der Waals surface area contributed by atoms with E-state index >= 15 is 0 Å². The first-order valence-electron chi connectivity index (χ1n) is 7.57. The Hall–Kier alpha value is 0.680. The number of halogens is 1. The van der Waals surface area contributed by atoms with Crippen molar-refractivity contribution in [1.29, 1.82) is 0 Å². The molecule has 0 bridgehead atoms. The standard InChI is InChI=1S/C12H25IN4O6S/c13-24-23-11-7(18)3(15)1-4(16)10(11)22-12-6(17)9(20)8(19)5(2-14)21-12/h3-12,18-20H,1-2,14-17H2. The molecule has 10 unspecified atom stereocenters. The first kappa shape index (κ1) is 21.0. The van der Waals surface area contributed by atoms with Gasteiger partial charge in [-0.05, 0) is 6.42 Å². The van der Waals surface area contributed by atoms with Crippen molar-refractivity contribution in [1.82, 2.24) is 0 Å². The molecule has 2 aliphatic rings. The average molecular weight is 480 g/mol. The number of hydrogen-bond acceptors (Lipinski definition) is 11. The third kappa shape index (κ3) is 4.32. The van der Waals surface area contributed by atoms with Crippen molar-refractivity contribution in [3.63, 3.8) is 0 Å². The van der Waals surface area contributed by atoms with Crippen LogP contribution >= 0.6 is 30.4 Å². The Bertz CT molecular complexity index is 414. The molecule has 0 radical (unpaired) electrons. The third-order valence-electron chi connectivity index (χ3n) is 4.48. The highest BCUT2D eigenvalue weighted by Gasteiger charge is 2.48. The maximum absolute atomic E-state index is 10.3. The van der Waals surface area contributed by atoms with Crippen LogP contribution in [0.4, 0.5) is 0 Å². The van der Waals surface area contributed by atoms with E-state index in [9.17, 15) is 15.3 Å². The number of aliphatic hydroxyl groups is 3. The predicted octanol–water partition coefficient (Wildman–Crippen LogP) is -3.09. The quantitative estimate of drug-likeness (QED) is 0.156. The topological polar surface area (TPSA) is 192 Å². The number of nitrogens with two attached hydrogens (primary N) is 4. The summed E-state index contributed by atoms with van der Waals surface area (Å²) in [6, 6.07) is -2.07. The zero-order valence-corrected chi connectivity index (χ0v) is 15.8. The molecule has 12 heteroatoms. The van der Waals surface area contributed by atoms with Gasteiger partial charge >= 0.3 is 0 Å². The summed E-state index contributed by atoms with van der Waals surface area (Å²) in [4.78, 5) is 0. The first-order valence-corrected chi connectivity index (χ1v) is 10.9. The summed E-state index contributed by atoms with van der Waals surface area (Å²) in [6.07, 6.45) is -6.54. The Labute approximate surface area is 156 Å². The molecule has 24 heavy (non-hydrogen) atoms. The molecule has 0 aromatic rings. The van der Waals surface area contributed by atoms with Crippen LogP contribution in [0.25, 0.3) is 0 Å². The van der Waals surface area contributed by atoms with Crippen molar-refractivity contribution in [2.24, 2.45) is 22.9 Å². The zero-order chi connectivity index (χ0) is 18.0. The van der Waals surface area contributed by atoms with Crippen molar-refractivity contribution >= 4 is 30.4 Å². The van der Waals surface area contributed by atoms with Gasteiger partial charge in [0.15, 0.2) is 6.29 Å². The Morgan fingerprint density at radius 1 is 1.04 bits per heavy atom. The second-order valence-electron chi connectivity index (χ2n) is 6.12. The van der Waals surface area contributed by atoms with Gasteiger partial charge in [-0.3, -0.25) is 4.18 Å². The highest BCUT2D eigenvalue weighted by molar-refractivity contribution is 14.2. The van der Waals surface area contributed by atoms with Gasteiger partial charge in [0, 0.05) is 39.8 Å². The lowest BCUT2D eigenvalue weighted by atomic mass is 9.84. The van der Waals surface area contributed by atoms with Crippen LogP contribution in [0, 0.1) is 0 Å². The number of aliphatic hydroxyl groups excluding tert-OH is 3. The fourth-order valence-corrected chi connectivity index (χ4v) is 4.05. The Balaban J connectivity index is 2.13. The summed E-state index contributed by atoms with van der Waals surface area (Å²) in [6.45, 7) is -0.0153. The fourth-order valence-electron chi connectivity index (χ4n) is 3.03. The molecule has 0 aromatic carbocycles. The molecule has 1 heterocycles. The second kappa shape index (κ2) is 9.05. The minimum Gasteiger partial charge on any atom is -0.389 e. The van der Waals surface area contributed by atoms with Gasteiger partial charge in [-0.15, -0.1) is 0 Å². The first-order chi connectivity index (χ1) is 11.3. The molecule has 10 atom stereocenters. The second-order valence-corrected chi connectivity index (χ2v) is 7.51. The van der Waals surface area contributed by atoms with Crippen molar-refractivity contribution < 1.29 is 29.0 Å². The van der Waals surface area contributed by atoms with Gasteiger partial charge in [-0.2, -0.15) is 0 Å². The van der Waals surface area contributed by atoms with Gasteiger partial charge in [0.25, 0.3) is 0 Å². The Morgan fingerprint density at radius 2 is 1.71 bits per heavy atom. The maximum Gasteiger partial charge on any atom is 0.176 e. The summed E-state index contributed by atoms with van der Waals surface area (Å²) < 4.78 is 16.9. The average Bonchev–Trinajstić information content (AvgIpc) is 2.55. The van der Waals surface area contributed by atoms with E-state index < -0.39 is 61.0 Å².